The van der Waals surface area contributed by atoms with Gasteiger partial charge in [0.25, 0.3) is 0 Å². The van der Waals surface area contributed by atoms with Crippen molar-refractivity contribution in [3.8, 4) is 22.6 Å². The summed E-state index contributed by atoms with van der Waals surface area (Å²) in [5, 5.41) is 36.7. The maximum atomic E-state index is 10.4. The molecule has 0 aromatic heterocycles. The molecule has 0 saturated carbocycles. The lowest BCUT2D eigenvalue weighted by atomic mass is 10.1. The molecular weight excluding hydrogens is 408 g/mol. The van der Waals surface area contributed by atoms with Gasteiger partial charge in [-0.15, -0.1) is 0 Å². The van der Waals surface area contributed by atoms with Crippen LogP contribution in [-0.2, 0) is 23.8 Å². The third-order valence-electron chi connectivity index (χ3n) is 3.65. The summed E-state index contributed by atoms with van der Waals surface area (Å²) >= 11 is 0. The monoisotopic (exact) mass is 436 g/mol. The van der Waals surface area contributed by atoms with E-state index < -0.39 is 24.1 Å². The van der Waals surface area contributed by atoms with Gasteiger partial charge < -0.3 is 34.6 Å². The van der Waals surface area contributed by atoms with E-state index in [9.17, 15) is 19.8 Å². The van der Waals surface area contributed by atoms with Crippen LogP contribution in [0.15, 0.2) is 48.5 Å². The van der Waals surface area contributed by atoms with Crippen molar-refractivity contribution >= 4 is 11.9 Å². The molecule has 2 rings (SSSR count). The zero-order valence-corrected chi connectivity index (χ0v) is 17.4. The first-order valence-electron chi connectivity index (χ1n) is 9.46. The fourth-order valence-corrected chi connectivity index (χ4v) is 2.17. The minimum absolute atomic E-state index is 0.0790. The molecule has 170 valence electrons. The van der Waals surface area contributed by atoms with Crippen LogP contribution in [-0.4, -0.2) is 71.0 Å². The summed E-state index contributed by atoms with van der Waals surface area (Å²) in [6, 6.07) is 13.9. The Hall–Kier alpha value is -3.14. The molecule has 31 heavy (non-hydrogen) atoms. The van der Waals surface area contributed by atoms with E-state index in [2.05, 4.69) is 9.47 Å². The van der Waals surface area contributed by atoms with E-state index in [1.165, 1.54) is 13.8 Å². The molecule has 0 aliphatic heterocycles. The molecule has 4 N–H and O–H groups in total. The molecule has 0 bridgehead atoms. The van der Waals surface area contributed by atoms with Gasteiger partial charge in [-0.1, -0.05) is 24.3 Å². The fraction of sp³-hybridized carbons (Fsp3) is 0.364. The van der Waals surface area contributed by atoms with Crippen molar-refractivity contribution in [2.24, 2.45) is 0 Å². The second kappa shape index (κ2) is 14.0. The van der Waals surface area contributed by atoms with Gasteiger partial charge in [-0.3, -0.25) is 9.59 Å². The summed E-state index contributed by atoms with van der Waals surface area (Å²) in [5.74, 6) is -0.460. The highest BCUT2D eigenvalue weighted by atomic mass is 16.6. The van der Waals surface area contributed by atoms with Crippen LogP contribution < -0.4 is 0 Å². The number of hydrogen-bond acceptors (Lipinski definition) is 9. The highest BCUT2D eigenvalue weighted by Crippen LogP contribution is 2.23. The Bertz CT molecular complexity index is 720. The number of phenols is 2. The summed E-state index contributed by atoms with van der Waals surface area (Å²) in [6.45, 7) is 1.99. The van der Waals surface area contributed by atoms with Gasteiger partial charge in [-0.05, 0) is 35.4 Å². The summed E-state index contributed by atoms with van der Waals surface area (Å²) in [6.07, 6.45) is -1.89. The van der Waals surface area contributed by atoms with Crippen molar-refractivity contribution in [3.05, 3.63) is 48.5 Å². The molecular formula is C22H28O9. The third-order valence-corrected chi connectivity index (χ3v) is 3.65. The van der Waals surface area contributed by atoms with E-state index in [0.29, 0.717) is 0 Å². The van der Waals surface area contributed by atoms with Crippen LogP contribution in [0.2, 0.25) is 0 Å². The van der Waals surface area contributed by atoms with Gasteiger partial charge >= 0.3 is 11.9 Å². The molecule has 9 heteroatoms. The van der Waals surface area contributed by atoms with Crippen LogP contribution >= 0.6 is 0 Å². The maximum Gasteiger partial charge on any atom is 0.302 e. The van der Waals surface area contributed by atoms with Gasteiger partial charge in [0, 0.05) is 13.8 Å². The van der Waals surface area contributed by atoms with Gasteiger partial charge in [-0.2, -0.15) is 0 Å². The van der Waals surface area contributed by atoms with E-state index >= 15 is 0 Å². The number of carbonyl (C=O) groups is 2. The quantitative estimate of drug-likeness (QED) is 0.431. The number of phenolic OH excluding ortho intramolecular Hbond substituents is 2. The normalized spacial score (nSPS) is 12.1. The first kappa shape index (κ1) is 25.9. The lowest BCUT2D eigenvalue weighted by molar-refractivity contribution is -0.146. The van der Waals surface area contributed by atoms with Crippen LogP contribution in [0.5, 0.6) is 11.5 Å². The SMILES string of the molecule is CC(=O)OCC(O)COCC(O)COC(C)=O.Oc1ccc(-c2ccc(O)cc2)cc1. The lowest BCUT2D eigenvalue weighted by Crippen LogP contribution is -2.28. The zero-order valence-electron chi connectivity index (χ0n) is 17.4. The van der Waals surface area contributed by atoms with Crippen LogP contribution in [0.4, 0.5) is 0 Å². The van der Waals surface area contributed by atoms with E-state index in [1.807, 2.05) is 24.3 Å². The summed E-state index contributed by atoms with van der Waals surface area (Å²) in [4.78, 5) is 20.8. The molecule has 0 amide bonds. The highest BCUT2D eigenvalue weighted by molar-refractivity contribution is 5.66. The number of aliphatic hydroxyl groups is 2. The van der Waals surface area contributed by atoms with Crippen molar-refractivity contribution < 1.29 is 44.2 Å². The molecule has 0 heterocycles. The predicted octanol–water partition coefficient (Wildman–Crippen LogP) is 1.62. The minimum atomic E-state index is -0.945. The number of aliphatic hydroxyl groups excluding tert-OH is 2. The average Bonchev–Trinajstić information content (AvgIpc) is 2.72. The second-order valence-corrected chi connectivity index (χ2v) is 6.54. The van der Waals surface area contributed by atoms with E-state index in [-0.39, 0.29) is 37.9 Å². The smallest absolute Gasteiger partial charge is 0.302 e. The number of rotatable bonds is 9. The number of benzene rings is 2. The molecule has 0 saturated heterocycles. The zero-order chi connectivity index (χ0) is 23.2. The highest BCUT2D eigenvalue weighted by Gasteiger charge is 2.10. The Labute approximate surface area is 180 Å². The molecule has 2 unspecified atom stereocenters. The number of hydrogen-bond donors (Lipinski definition) is 4. The predicted molar refractivity (Wildman–Crippen MR) is 111 cm³/mol. The number of esters is 2. The molecule has 2 aromatic carbocycles. The molecule has 0 aliphatic carbocycles. The number of carbonyl (C=O) groups excluding carboxylic acids is 2. The van der Waals surface area contributed by atoms with Gasteiger partial charge in [0.2, 0.25) is 0 Å². The van der Waals surface area contributed by atoms with E-state index in [0.717, 1.165) is 11.1 Å². The molecule has 2 aromatic rings. The lowest BCUT2D eigenvalue weighted by Gasteiger charge is -2.14. The molecule has 0 aliphatic rings. The molecule has 0 radical (unpaired) electrons. The first-order chi connectivity index (χ1) is 14.7. The van der Waals surface area contributed by atoms with Gasteiger partial charge in [0.15, 0.2) is 0 Å². The number of ether oxygens (including phenoxy) is 3. The van der Waals surface area contributed by atoms with E-state index in [1.54, 1.807) is 24.3 Å². The van der Waals surface area contributed by atoms with Gasteiger partial charge in [0.05, 0.1) is 13.2 Å². The Morgan fingerprint density at radius 2 is 1.00 bits per heavy atom. The van der Waals surface area contributed by atoms with Crippen molar-refractivity contribution in [2.45, 2.75) is 26.1 Å². The molecule has 0 spiro atoms. The maximum absolute atomic E-state index is 10.4. The van der Waals surface area contributed by atoms with Gasteiger partial charge in [0.1, 0.15) is 36.9 Å². The summed E-state index contributed by atoms with van der Waals surface area (Å²) in [5.41, 5.74) is 2.03. The Morgan fingerprint density at radius 3 is 1.29 bits per heavy atom. The summed E-state index contributed by atoms with van der Waals surface area (Å²) < 4.78 is 14.0. The molecule has 0 fully saturated rings. The summed E-state index contributed by atoms with van der Waals surface area (Å²) in [7, 11) is 0. The van der Waals surface area contributed by atoms with E-state index in [4.69, 9.17) is 14.9 Å². The van der Waals surface area contributed by atoms with Gasteiger partial charge in [-0.25, -0.2) is 0 Å². The van der Waals surface area contributed by atoms with Crippen molar-refractivity contribution in [2.75, 3.05) is 26.4 Å². The van der Waals surface area contributed by atoms with Crippen LogP contribution in [0.3, 0.4) is 0 Å². The average molecular weight is 436 g/mol. The molecule has 9 nitrogen and oxygen atoms in total. The number of aromatic hydroxyl groups is 2. The van der Waals surface area contributed by atoms with Crippen molar-refractivity contribution in [1.82, 2.24) is 0 Å². The second-order valence-electron chi connectivity index (χ2n) is 6.54. The van der Waals surface area contributed by atoms with Crippen LogP contribution in [0.25, 0.3) is 11.1 Å². The Morgan fingerprint density at radius 1 is 0.677 bits per heavy atom. The van der Waals surface area contributed by atoms with Crippen LogP contribution in [0, 0.1) is 0 Å². The fourth-order valence-electron chi connectivity index (χ4n) is 2.17. The Kier molecular flexibility index (Phi) is 11.7. The standard InChI is InChI=1S/C12H10O2.C10H18O7/c13-11-5-1-9(2-6-11)10-3-7-12(14)8-4-10;1-7(11)16-5-9(13)3-15-4-10(14)6-17-8(2)12/h1-8,13-14H;9-10,13-14H,3-6H2,1-2H3. The first-order valence-corrected chi connectivity index (χ1v) is 9.46. The van der Waals surface area contributed by atoms with Crippen molar-refractivity contribution in [1.29, 1.82) is 0 Å². The van der Waals surface area contributed by atoms with Crippen LogP contribution in [0.1, 0.15) is 13.8 Å². The van der Waals surface area contributed by atoms with Crippen molar-refractivity contribution in [3.63, 3.8) is 0 Å². The largest absolute Gasteiger partial charge is 0.508 e. The minimum Gasteiger partial charge on any atom is -0.508 e. The third kappa shape index (κ3) is 12.2. The molecule has 2 atom stereocenters. The topological polar surface area (TPSA) is 143 Å². The Balaban J connectivity index is 0.000000314.